The molecule has 2 rings (SSSR count). The number of hydrogen-bond acceptors (Lipinski definition) is 4. The van der Waals surface area contributed by atoms with Crippen LogP contribution in [0.1, 0.15) is 25.3 Å². The lowest BCUT2D eigenvalue weighted by Gasteiger charge is -2.35. The van der Waals surface area contributed by atoms with Crippen molar-refractivity contribution in [2.75, 3.05) is 6.61 Å². The van der Waals surface area contributed by atoms with Gasteiger partial charge in [0, 0.05) is 12.6 Å². The second-order valence-corrected chi connectivity index (χ2v) is 6.71. The first kappa shape index (κ1) is 15.3. The number of benzene rings is 1. The normalized spacial score (nSPS) is 22.1. The fourth-order valence-corrected chi connectivity index (χ4v) is 3.91. The van der Waals surface area contributed by atoms with Crippen LogP contribution in [0.5, 0.6) is 0 Å². The van der Waals surface area contributed by atoms with Crippen molar-refractivity contribution in [2.24, 2.45) is 0 Å². The van der Waals surface area contributed by atoms with Gasteiger partial charge in [0.1, 0.15) is 4.90 Å². The van der Waals surface area contributed by atoms with Crippen molar-refractivity contribution >= 4 is 21.6 Å². The van der Waals surface area contributed by atoms with Crippen LogP contribution in [0.15, 0.2) is 23.1 Å². The minimum absolute atomic E-state index is 0.00183. The van der Waals surface area contributed by atoms with Crippen molar-refractivity contribution in [3.05, 3.63) is 28.8 Å². The molecule has 0 radical (unpaired) electrons. The first-order valence-electron chi connectivity index (χ1n) is 6.30. The van der Waals surface area contributed by atoms with Crippen LogP contribution in [-0.4, -0.2) is 27.2 Å². The van der Waals surface area contributed by atoms with Crippen LogP contribution in [0, 0.1) is 11.3 Å². The summed E-state index contributed by atoms with van der Waals surface area (Å²) >= 11 is 5.92. The highest BCUT2D eigenvalue weighted by atomic mass is 35.5. The average molecular weight is 315 g/mol. The van der Waals surface area contributed by atoms with Gasteiger partial charge in [-0.1, -0.05) is 11.6 Å². The quantitative estimate of drug-likeness (QED) is 0.902. The van der Waals surface area contributed by atoms with E-state index in [1.807, 2.05) is 13.0 Å². The van der Waals surface area contributed by atoms with Crippen LogP contribution in [-0.2, 0) is 14.8 Å². The molecule has 0 spiro atoms. The number of sulfonamides is 1. The van der Waals surface area contributed by atoms with Gasteiger partial charge in [0.15, 0.2) is 0 Å². The smallest absolute Gasteiger partial charge is 0.242 e. The zero-order valence-corrected chi connectivity index (χ0v) is 12.5. The molecule has 0 bridgehead atoms. The molecule has 7 heteroatoms. The summed E-state index contributed by atoms with van der Waals surface area (Å²) in [5, 5.41) is 8.79. The molecule has 1 N–H and O–H groups in total. The molecule has 20 heavy (non-hydrogen) atoms. The number of nitrogens with zero attached hydrogens (tertiary/aromatic N) is 1. The Balaban J connectivity index is 2.07. The Labute approximate surface area is 123 Å². The van der Waals surface area contributed by atoms with Crippen molar-refractivity contribution in [3.8, 4) is 6.07 Å². The molecule has 1 aliphatic rings. The molecule has 1 aromatic rings. The van der Waals surface area contributed by atoms with E-state index >= 15 is 0 Å². The van der Waals surface area contributed by atoms with Crippen LogP contribution < -0.4 is 4.72 Å². The molecular formula is C13H15ClN2O3S. The van der Waals surface area contributed by atoms with Crippen molar-refractivity contribution in [3.63, 3.8) is 0 Å². The number of hydrogen-bond donors (Lipinski definition) is 1. The Morgan fingerprint density at radius 3 is 2.75 bits per heavy atom. The molecule has 0 heterocycles. The maximum Gasteiger partial charge on any atom is 0.242 e. The number of halogens is 1. The second kappa shape index (κ2) is 6.10. The third-order valence-electron chi connectivity index (χ3n) is 3.17. The number of nitriles is 1. The summed E-state index contributed by atoms with van der Waals surface area (Å²) in [6.07, 6.45) is 1.46. The summed E-state index contributed by atoms with van der Waals surface area (Å²) in [5.74, 6) is 0. The Morgan fingerprint density at radius 2 is 2.20 bits per heavy atom. The van der Waals surface area contributed by atoms with Crippen molar-refractivity contribution in [2.45, 2.75) is 36.8 Å². The van der Waals surface area contributed by atoms with Crippen LogP contribution in [0.25, 0.3) is 0 Å². The maximum atomic E-state index is 12.2. The molecule has 0 saturated heterocycles. The van der Waals surface area contributed by atoms with Gasteiger partial charge in [-0.2, -0.15) is 5.26 Å². The molecule has 0 atom stereocenters. The van der Waals surface area contributed by atoms with Gasteiger partial charge >= 0.3 is 0 Å². The standard InChI is InChI=1S/C13H15ClN2O3S/c1-2-19-11-6-10(7-11)16-20(17,18)13-4-3-9(8-15)5-12(13)14/h3-5,10-11,16H,2,6-7H2,1H3. The highest BCUT2D eigenvalue weighted by Gasteiger charge is 2.33. The first-order valence-corrected chi connectivity index (χ1v) is 8.16. The molecule has 1 saturated carbocycles. The molecule has 0 aromatic heterocycles. The zero-order valence-electron chi connectivity index (χ0n) is 11.0. The SMILES string of the molecule is CCOC1CC(NS(=O)(=O)c2ccc(C#N)cc2Cl)C1. The van der Waals surface area contributed by atoms with E-state index in [0.29, 0.717) is 25.0 Å². The summed E-state index contributed by atoms with van der Waals surface area (Å²) in [6.45, 7) is 2.54. The van der Waals surface area contributed by atoms with E-state index in [9.17, 15) is 8.42 Å². The van der Waals surface area contributed by atoms with E-state index in [1.165, 1.54) is 18.2 Å². The second-order valence-electron chi connectivity index (χ2n) is 4.62. The molecule has 1 aromatic carbocycles. The average Bonchev–Trinajstić information content (AvgIpc) is 2.35. The molecular weight excluding hydrogens is 300 g/mol. The van der Waals surface area contributed by atoms with Gasteiger partial charge in [-0.05, 0) is 38.0 Å². The van der Waals surface area contributed by atoms with E-state index in [1.54, 1.807) is 0 Å². The van der Waals surface area contributed by atoms with E-state index in [2.05, 4.69) is 4.72 Å². The van der Waals surface area contributed by atoms with E-state index in [-0.39, 0.29) is 22.1 Å². The molecule has 1 fully saturated rings. The molecule has 0 unspecified atom stereocenters. The van der Waals surface area contributed by atoms with E-state index in [0.717, 1.165) is 0 Å². The highest BCUT2D eigenvalue weighted by molar-refractivity contribution is 7.89. The zero-order chi connectivity index (χ0) is 14.8. The summed E-state index contributed by atoms with van der Waals surface area (Å²) in [4.78, 5) is -0.00183. The fraction of sp³-hybridized carbons (Fsp3) is 0.462. The lowest BCUT2D eigenvalue weighted by molar-refractivity contribution is -0.00475. The predicted octanol–water partition coefficient (Wildman–Crippen LogP) is 2.06. The Kier molecular flexibility index (Phi) is 4.66. The van der Waals surface area contributed by atoms with Gasteiger partial charge in [-0.15, -0.1) is 0 Å². The van der Waals surface area contributed by atoms with Crippen LogP contribution in [0.2, 0.25) is 5.02 Å². The van der Waals surface area contributed by atoms with Crippen LogP contribution in [0.4, 0.5) is 0 Å². The summed E-state index contributed by atoms with van der Waals surface area (Å²) < 4.78 is 32.4. The fourth-order valence-electron chi connectivity index (χ4n) is 2.10. The Hall–Kier alpha value is -1.13. The third kappa shape index (κ3) is 3.30. The monoisotopic (exact) mass is 314 g/mol. The van der Waals surface area contributed by atoms with Gasteiger partial charge in [0.05, 0.1) is 22.8 Å². The molecule has 0 amide bonds. The summed E-state index contributed by atoms with van der Waals surface area (Å²) in [6, 6.07) is 5.92. The van der Waals surface area contributed by atoms with Crippen molar-refractivity contribution < 1.29 is 13.2 Å². The number of ether oxygens (including phenoxy) is 1. The minimum atomic E-state index is -3.66. The molecule has 0 aliphatic heterocycles. The minimum Gasteiger partial charge on any atom is -0.378 e. The van der Waals surface area contributed by atoms with Crippen molar-refractivity contribution in [1.29, 1.82) is 5.26 Å². The molecule has 1 aliphatic carbocycles. The summed E-state index contributed by atoms with van der Waals surface area (Å²) in [7, 11) is -3.66. The van der Waals surface area contributed by atoms with E-state index in [4.69, 9.17) is 21.6 Å². The molecule has 108 valence electrons. The van der Waals surface area contributed by atoms with Gasteiger partial charge in [0.25, 0.3) is 0 Å². The predicted molar refractivity (Wildman–Crippen MR) is 74.9 cm³/mol. The molecule has 5 nitrogen and oxygen atoms in total. The third-order valence-corrected chi connectivity index (χ3v) is 5.17. The number of rotatable bonds is 5. The van der Waals surface area contributed by atoms with Gasteiger partial charge in [0.2, 0.25) is 10.0 Å². The van der Waals surface area contributed by atoms with Crippen LogP contribution in [0.3, 0.4) is 0 Å². The maximum absolute atomic E-state index is 12.2. The Bertz CT molecular complexity index is 634. The lowest BCUT2D eigenvalue weighted by atomic mass is 9.90. The highest BCUT2D eigenvalue weighted by Crippen LogP contribution is 2.27. The largest absolute Gasteiger partial charge is 0.378 e. The first-order chi connectivity index (χ1) is 9.46. The lowest BCUT2D eigenvalue weighted by Crippen LogP contribution is -2.47. The van der Waals surface area contributed by atoms with Gasteiger partial charge in [-0.25, -0.2) is 13.1 Å². The van der Waals surface area contributed by atoms with Crippen LogP contribution >= 0.6 is 11.6 Å². The van der Waals surface area contributed by atoms with E-state index < -0.39 is 10.0 Å². The van der Waals surface area contributed by atoms with Crippen molar-refractivity contribution in [1.82, 2.24) is 4.72 Å². The van der Waals surface area contributed by atoms with Gasteiger partial charge in [-0.3, -0.25) is 0 Å². The number of nitrogens with one attached hydrogen (secondary N) is 1. The topological polar surface area (TPSA) is 79.2 Å². The van der Waals surface area contributed by atoms with Gasteiger partial charge < -0.3 is 4.74 Å². The summed E-state index contributed by atoms with van der Waals surface area (Å²) in [5.41, 5.74) is 0.328. The Morgan fingerprint density at radius 1 is 1.50 bits per heavy atom.